The maximum Gasteiger partial charge on any atom is 0.264 e. The molecule has 1 aliphatic heterocycles. The van der Waals surface area contributed by atoms with Gasteiger partial charge in [-0.3, -0.25) is 9.10 Å². The molecule has 0 saturated carbocycles. The molecule has 1 N–H and O–H groups in total. The molecule has 8 heteroatoms. The number of carbonyl (C=O) groups is 1. The number of nitrogens with one attached hydrogen (secondary N) is 1. The number of benzene rings is 3. The van der Waals surface area contributed by atoms with Crippen LogP contribution in [0.5, 0.6) is 5.75 Å². The number of anilines is 1. The highest BCUT2D eigenvalue weighted by Crippen LogP contribution is 2.37. The summed E-state index contributed by atoms with van der Waals surface area (Å²) in [6.07, 6.45) is -0.488. The Hall–Kier alpha value is -3.39. The number of nitrogens with zero attached hydrogens (tertiary/aromatic N) is 1. The van der Waals surface area contributed by atoms with Crippen LogP contribution in [-0.4, -0.2) is 33.5 Å². The largest absolute Gasteiger partial charge is 0.476 e. The third-order valence-corrected chi connectivity index (χ3v) is 7.03. The van der Waals surface area contributed by atoms with E-state index in [1.807, 2.05) is 6.92 Å². The van der Waals surface area contributed by atoms with Gasteiger partial charge in [-0.2, -0.15) is 0 Å². The van der Waals surface area contributed by atoms with Crippen LogP contribution >= 0.6 is 0 Å². The summed E-state index contributed by atoms with van der Waals surface area (Å²) in [6.45, 7) is 2.04. The summed E-state index contributed by atoms with van der Waals surface area (Å²) >= 11 is 0. The van der Waals surface area contributed by atoms with E-state index in [0.717, 1.165) is 11.1 Å². The topological polar surface area (TPSA) is 75.7 Å². The van der Waals surface area contributed by atoms with Crippen molar-refractivity contribution in [3.05, 3.63) is 89.7 Å². The van der Waals surface area contributed by atoms with Crippen LogP contribution in [0.2, 0.25) is 0 Å². The standard InChI is InChI=1S/C24H23FN2O4S/c1-17-7-12-22-21(15-17)27(32(29,30)20-5-3-2-4-6-20)16-23(31-22)24(28)26-14-13-18-8-10-19(25)11-9-18/h2-12,15,23H,13-14,16H2,1H3,(H,26,28). The Labute approximate surface area is 186 Å². The Bertz CT molecular complexity index is 1210. The van der Waals surface area contributed by atoms with Crippen LogP contribution in [-0.2, 0) is 21.2 Å². The molecule has 1 aliphatic rings. The fourth-order valence-electron chi connectivity index (χ4n) is 3.54. The van der Waals surface area contributed by atoms with Gasteiger partial charge in [-0.15, -0.1) is 0 Å². The predicted molar refractivity (Wildman–Crippen MR) is 120 cm³/mol. The summed E-state index contributed by atoms with van der Waals surface area (Å²) in [5, 5.41) is 2.79. The van der Waals surface area contributed by atoms with E-state index < -0.39 is 22.0 Å². The summed E-state index contributed by atoms with van der Waals surface area (Å²) in [6, 6.07) is 19.4. The maximum absolute atomic E-state index is 13.4. The fraction of sp³-hybridized carbons (Fsp3) is 0.208. The van der Waals surface area contributed by atoms with Gasteiger partial charge in [0.1, 0.15) is 11.6 Å². The first-order valence-corrected chi connectivity index (χ1v) is 11.7. The fourth-order valence-corrected chi connectivity index (χ4v) is 5.03. The van der Waals surface area contributed by atoms with E-state index in [1.54, 1.807) is 48.5 Å². The zero-order chi connectivity index (χ0) is 22.7. The third kappa shape index (κ3) is 4.60. The quantitative estimate of drug-likeness (QED) is 0.619. The molecular weight excluding hydrogens is 431 g/mol. The lowest BCUT2D eigenvalue weighted by Gasteiger charge is -2.35. The number of hydrogen-bond acceptors (Lipinski definition) is 4. The lowest BCUT2D eigenvalue weighted by Crippen LogP contribution is -2.51. The molecule has 0 aromatic heterocycles. The van der Waals surface area contributed by atoms with Gasteiger partial charge in [0, 0.05) is 6.54 Å². The van der Waals surface area contributed by atoms with Gasteiger partial charge in [0.25, 0.3) is 15.9 Å². The number of sulfonamides is 1. The highest BCUT2D eigenvalue weighted by Gasteiger charge is 2.37. The highest BCUT2D eigenvalue weighted by molar-refractivity contribution is 7.92. The molecule has 166 valence electrons. The SMILES string of the molecule is Cc1ccc2c(c1)N(S(=O)(=O)c1ccccc1)CC(C(=O)NCCc1ccc(F)cc1)O2. The second-order valence-electron chi connectivity index (χ2n) is 7.59. The van der Waals surface area contributed by atoms with Gasteiger partial charge in [-0.1, -0.05) is 36.4 Å². The van der Waals surface area contributed by atoms with Crippen molar-refractivity contribution in [2.75, 3.05) is 17.4 Å². The smallest absolute Gasteiger partial charge is 0.264 e. The van der Waals surface area contributed by atoms with Crippen molar-refractivity contribution in [3.8, 4) is 5.75 Å². The molecule has 1 atom stereocenters. The van der Waals surface area contributed by atoms with Crippen LogP contribution in [0.4, 0.5) is 10.1 Å². The van der Waals surface area contributed by atoms with E-state index in [1.165, 1.54) is 28.6 Å². The second kappa shape index (κ2) is 9.00. The van der Waals surface area contributed by atoms with E-state index >= 15 is 0 Å². The van der Waals surface area contributed by atoms with Crippen molar-refractivity contribution in [1.82, 2.24) is 5.32 Å². The van der Waals surface area contributed by atoms with E-state index in [0.29, 0.717) is 24.4 Å². The summed E-state index contributed by atoms with van der Waals surface area (Å²) in [4.78, 5) is 13.0. The molecule has 0 saturated heterocycles. The number of hydrogen-bond donors (Lipinski definition) is 1. The molecule has 1 amide bonds. The lowest BCUT2D eigenvalue weighted by molar-refractivity contribution is -0.127. The number of rotatable bonds is 6. The van der Waals surface area contributed by atoms with E-state index in [-0.39, 0.29) is 17.3 Å². The molecule has 0 fully saturated rings. The van der Waals surface area contributed by atoms with Crippen molar-refractivity contribution in [2.45, 2.75) is 24.3 Å². The van der Waals surface area contributed by atoms with Crippen LogP contribution in [0.15, 0.2) is 77.7 Å². The van der Waals surface area contributed by atoms with Gasteiger partial charge in [-0.25, -0.2) is 12.8 Å². The molecule has 4 rings (SSSR count). The second-order valence-corrected chi connectivity index (χ2v) is 9.46. The predicted octanol–water partition coefficient (Wildman–Crippen LogP) is 3.45. The molecule has 3 aromatic carbocycles. The number of amides is 1. The minimum Gasteiger partial charge on any atom is -0.476 e. The Morgan fingerprint density at radius 2 is 1.81 bits per heavy atom. The van der Waals surface area contributed by atoms with Gasteiger partial charge in [0.05, 0.1) is 17.1 Å². The number of ether oxygens (including phenoxy) is 1. The lowest BCUT2D eigenvalue weighted by atomic mass is 10.1. The van der Waals surface area contributed by atoms with Gasteiger partial charge >= 0.3 is 0 Å². The number of aryl methyl sites for hydroxylation is 1. The van der Waals surface area contributed by atoms with Crippen LogP contribution in [0, 0.1) is 12.7 Å². The van der Waals surface area contributed by atoms with Crippen LogP contribution < -0.4 is 14.4 Å². The zero-order valence-electron chi connectivity index (χ0n) is 17.5. The molecule has 0 bridgehead atoms. The zero-order valence-corrected chi connectivity index (χ0v) is 18.3. The number of fused-ring (bicyclic) bond motifs is 1. The van der Waals surface area contributed by atoms with E-state index in [2.05, 4.69) is 5.32 Å². The molecule has 1 heterocycles. The first-order valence-electron chi connectivity index (χ1n) is 10.2. The Kier molecular flexibility index (Phi) is 6.14. The average Bonchev–Trinajstić information content (AvgIpc) is 2.80. The highest BCUT2D eigenvalue weighted by atomic mass is 32.2. The Balaban J connectivity index is 1.54. The minimum atomic E-state index is -3.89. The van der Waals surface area contributed by atoms with Gasteiger partial charge in [0.15, 0.2) is 6.10 Å². The number of carbonyl (C=O) groups excluding carboxylic acids is 1. The van der Waals surface area contributed by atoms with Crippen LogP contribution in [0.25, 0.3) is 0 Å². The third-order valence-electron chi connectivity index (χ3n) is 5.23. The molecule has 3 aromatic rings. The van der Waals surface area contributed by atoms with Gasteiger partial charge in [-0.05, 0) is 60.9 Å². The van der Waals surface area contributed by atoms with Crippen molar-refractivity contribution < 1.29 is 22.3 Å². The van der Waals surface area contributed by atoms with Crippen molar-refractivity contribution in [2.24, 2.45) is 0 Å². The molecule has 1 unspecified atom stereocenters. The molecule has 0 radical (unpaired) electrons. The first-order chi connectivity index (χ1) is 15.3. The molecule has 6 nitrogen and oxygen atoms in total. The van der Waals surface area contributed by atoms with Crippen LogP contribution in [0.3, 0.4) is 0 Å². The maximum atomic E-state index is 13.4. The van der Waals surface area contributed by atoms with Crippen LogP contribution in [0.1, 0.15) is 11.1 Å². The molecule has 0 spiro atoms. The summed E-state index contributed by atoms with van der Waals surface area (Å²) < 4.78 is 46.9. The molecular formula is C24H23FN2O4S. The normalized spacial score (nSPS) is 15.6. The summed E-state index contributed by atoms with van der Waals surface area (Å²) in [7, 11) is -3.89. The molecule has 32 heavy (non-hydrogen) atoms. The van der Waals surface area contributed by atoms with Gasteiger partial charge < -0.3 is 10.1 Å². The Morgan fingerprint density at radius 1 is 1.09 bits per heavy atom. The summed E-state index contributed by atoms with van der Waals surface area (Å²) in [5.74, 6) is -0.395. The molecule has 0 aliphatic carbocycles. The van der Waals surface area contributed by atoms with E-state index in [9.17, 15) is 17.6 Å². The summed E-state index contributed by atoms with van der Waals surface area (Å²) in [5.41, 5.74) is 2.16. The number of halogens is 1. The first kappa shape index (κ1) is 21.8. The Morgan fingerprint density at radius 3 is 2.53 bits per heavy atom. The van der Waals surface area contributed by atoms with Crippen molar-refractivity contribution >= 4 is 21.6 Å². The average molecular weight is 455 g/mol. The minimum absolute atomic E-state index is 0.143. The van der Waals surface area contributed by atoms with Crippen molar-refractivity contribution in [3.63, 3.8) is 0 Å². The van der Waals surface area contributed by atoms with E-state index in [4.69, 9.17) is 4.74 Å². The van der Waals surface area contributed by atoms with Crippen molar-refractivity contribution in [1.29, 1.82) is 0 Å². The van der Waals surface area contributed by atoms with Gasteiger partial charge in [0.2, 0.25) is 0 Å². The monoisotopic (exact) mass is 454 g/mol.